The van der Waals surface area contributed by atoms with Crippen LogP contribution in [0.5, 0.6) is 0 Å². The van der Waals surface area contributed by atoms with E-state index >= 15 is 0 Å². The molecule has 0 bridgehead atoms. The normalized spacial score (nSPS) is 11.1. The molecule has 8 heteroatoms. The van der Waals surface area contributed by atoms with Crippen molar-refractivity contribution in [2.45, 2.75) is 6.92 Å². The number of rotatable bonds is 2. The molecule has 0 radical (unpaired) electrons. The van der Waals surface area contributed by atoms with Gasteiger partial charge in [-0.3, -0.25) is 4.68 Å². The second kappa shape index (κ2) is 3.94. The Morgan fingerprint density at radius 1 is 1.21 bits per heavy atom. The Morgan fingerprint density at radius 2 is 2.00 bits per heavy atom. The Bertz CT molecular complexity index is 753. The second-order valence-electron chi connectivity index (χ2n) is 4.32. The number of hydrogen-bond donors (Lipinski definition) is 2. The quantitative estimate of drug-likeness (QED) is 0.703. The van der Waals surface area contributed by atoms with Crippen LogP contribution in [0.1, 0.15) is 5.82 Å². The number of aryl methyl sites for hydroxylation is 3. The number of nitrogens with one attached hydrogen (secondary N) is 1. The third kappa shape index (κ3) is 1.86. The van der Waals surface area contributed by atoms with E-state index in [0.717, 1.165) is 5.82 Å². The molecule has 0 saturated heterocycles. The maximum Gasteiger partial charge on any atom is 0.224 e. The summed E-state index contributed by atoms with van der Waals surface area (Å²) in [6, 6.07) is 1.85. The van der Waals surface area contributed by atoms with Crippen LogP contribution in [0.3, 0.4) is 0 Å². The van der Waals surface area contributed by atoms with Gasteiger partial charge in [-0.05, 0) is 6.92 Å². The fourth-order valence-electron chi connectivity index (χ4n) is 1.88. The molecule has 98 valence electrons. The summed E-state index contributed by atoms with van der Waals surface area (Å²) in [5, 5.41) is 7.35. The van der Waals surface area contributed by atoms with Gasteiger partial charge >= 0.3 is 0 Å². The lowest BCUT2D eigenvalue weighted by Crippen LogP contribution is -2.03. The van der Waals surface area contributed by atoms with Gasteiger partial charge in [0.15, 0.2) is 22.8 Å². The molecule has 3 N–H and O–H groups in total. The number of nitrogen functional groups attached to an aromatic ring is 1. The monoisotopic (exact) mass is 258 g/mol. The smallest absolute Gasteiger partial charge is 0.224 e. The van der Waals surface area contributed by atoms with Crippen LogP contribution < -0.4 is 11.1 Å². The highest BCUT2D eigenvalue weighted by atomic mass is 15.3. The number of nitrogens with two attached hydrogens (primary N) is 1. The second-order valence-corrected chi connectivity index (χ2v) is 4.32. The average molecular weight is 258 g/mol. The number of anilines is 3. The Kier molecular flexibility index (Phi) is 2.37. The van der Waals surface area contributed by atoms with Gasteiger partial charge in [0.25, 0.3) is 0 Å². The van der Waals surface area contributed by atoms with Crippen LogP contribution in [0.25, 0.3) is 11.2 Å². The predicted octanol–water partition coefficient (Wildman–Crippen LogP) is 0.731. The Balaban J connectivity index is 2.14. The molecule has 0 fully saturated rings. The number of hydrogen-bond acceptors (Lipinski definition) is 6. The van der Waals surface area contributed by atoms with Crippen molar-refractivity contribution >= 4 is 28.7 Å². The molecule has 0 unspecified atom stereocenters. The number of imidazole rings is 1. The highest BCUT2D eigenvalue weighted by Crippen LogP contribution is 2.23. The fourth-order valence-corrected chi connectivity index (χ4v) is 1.88. The number of nitrogens with zero attached hydrogens (tertiary/aromatic N) is 6. The lowest BCUT2D eigenvalue weighted by Gasteiger charge is -2.04. The van der Waals surface area contributed by atoms with Crippen molar-refractivity contribution in [3.63, 3.8) is 0 Å². The van der Waals surface area contributed by atoms with E-state index in [2.05, 4.69) is 25.4 Å². The van der Waals surface area contributed by atoms with Crippen molar-refractivity contribution < 1.29 is 0 Å². The van der Waals surface area contributed by atoms with Crippen LogP contribution in [-0.4, -0.2) is 29.3 Å². The van der Waals surface area contributed by atoms with Crippen molar-refractivity contribution in [2.24, 2.45) is 14.1 Å². The predicted molar refractivity (Wildman–Crippen MR) is 71.9 cm³/mol. The highest BCUT2D eigenvalue weighted by molar-refractivity contribution is 5.86. The fraction of sp³-hybridized carbons (Fsp3) is 0.273. The molecule has 0 aromatic carbocycles. The van der Waals surface area contributed by atoms with Crippen molar-refractivity contribution in [3.8, 4) is 0 Å². The number of fused-ring (bicyclic) bond motifs is 1. The van der Waals surface area contributed by atoms with Crippen LogP contribution in [-0.2, 0) is 14.1 Å². The summed E-state index contributed by atoms with van der Waals surface area (Å²) in [7, 11) is 3.74. The molecule has 3 heterocycles. The van der Waals surface area contributed by atoms with E-state index in [1.54, 1.807) is 4.68 Å². The van der Waals surface area contributed by atoms with Gasteiger partial charge in [0, 0.05) is 26.4 Å². The summed E-state index contributed by atoms with van der Waals surface area (Å²) in [5.41, 5.74) is 7.11. The third-order valence-corrected chi connectivity index (χ3v) is 2.92. The Morgan fingerprint density at radius 3 is 2.68 bits per heavy atom. The molecule has 19 heavy (non-hydrogen) atoms. The third-order valence-electron chi connectivity index (χ3n) is 2.92. The van der Waals surface area contributed by atoms with Gasteiger partial charge in [0.1, 0.15) is 5.82 Å². The molecule has 0 amide bonds. The van der Waals surface area contributed by atoms with Crippen molar-refractivity contribution in [1.82, 2.24) is 29.3 Å². The molecule has 0 atom stereocenters. The molecule has 0 aliphatic rings. The molecule has 3 rings (SSSR count). The molecule has 0 spiro atoms. The minimum absolute atomic E-state index is 0.203. The van der Waals surface area contributed by atoms with Crippen molar-refractivity contribution in [1.29, 1.82) is 0 Å². The first-order valence-electron chi connectivity index (χ1n) is 5.78. The minimum atomic E-state index is 0.203. The van der Waals surface area contributed by atoms with E-state index < -0.39 is 0 Å². The number of aromatic nitrogens is 6. The summed E-state index contributed by atoms with van der Waals surface area (Å²) < 4.78 is 3.57. The summed E-state index contributed by atoms with van der Waals surface area (Å²) >= 11 is 0. The van der Waals surface area contributed by atoms with Crippen LogP contribution in [0.4, 0.5) is 17.6 Å². The lowest BCUT2D eigenvalue weighted by molar-refractivity contribution is 0.771. The standard InChI is InChI=1S/C11H14N8/c1-6-13-8-9(14-7-4-5-18(2)17-7)15-11(12)16-10(8)19(6)3/h4-5H,1-3H3,(H3,12,14,15,16,17). The van der Waals surface area contributed by atoms with E-state index in [4.69, 9.17) is 5.73 Å². The molecular weight excluding hydrogens is 244 g/mol. The van der Waals surface area contributed by atoms with Crippen LogP contribution in [0.2, 0.25) is 0 Å². The van der Waals surface area contributed by atoms with Crippen LogP contribution in [0, 0.1) is 6.92 Å². The maximum absolute atomic E-state index is 5.73. The molecule has 3 aromatic rings. The average Bonchev–Trinajstić information content (AvgIpc) is 2.87. The zero-order valence-corrected chi connectivity index (χ0v) is 10.9. The van der Waals surface area contributed by atoms with Gasteiger partial charge in [-0.25, -0.2) is 4.98 Å². The SMILES string of the molecule is Cc1nc2c(Nc3ccn(C)n3)nc(N)nc2n1C. The highest BCUT2D eigenvalue weighted by Gasteiger charge is 2.13. The molecule has 3 aromatic heterocycles. The van der Waals surface area contributed by atoms with Crippen molar-refractivity contribution in [2.75, 3.05) is 11.1 Å². The molecule has 0 aliphatic carbocycles. The minimum Gasteiger partial charge on any atom is -0.368 e. The lowest BCUT2D eigenvalue weighted by atomic mass is 10.4. The van der Waals surface area contributed by atoms with Gasteiger partial charge in [0.2, 0.25) is 5.95 Å². The largest absolute Gasteiger partial charge is 0.368 e. The van der Waals surface area contributed by atoms with E-state index in [-0.39, 0.29) is 5.95 Å². The zero-order chi connectivity index (χ0) is 13.6. The van der Waals surface area contributed by atoms with E-state index in [1.165, 1.54) is 0 Å². The van der Waals surface area contributed by atoms with Gasteiger partial charge in [-0.2, -0.15) is 15.1 Å². The van der Waals surface area contributed by atoms with E-state index in [9.17, 15) is 0 Å². The topological polar surface area (TPSA) is 99.5 Å². The summed E-state index contributed by atoms with van der Waals surface area (Å²) in [5.74, 6) is 2.29. The first-order chi connectivity index (χ1) is 9.04. The summed E-state index contributed by atoms with van der Waals surface area (Å²) in [6.07, 6.45) is 1.84. The van der Waals surface area contributed by atoms with E-state index in [1.807, 2.05) is 37.8 Å². The van der Waals surface area contributed by atoms with Gasteiger partial charge in [0.05, 0.1) is 0 Å². The summed E-state index contributed by atoms with van der Waals surface area (Å²) in [4.78, 5) is 12.8. The molecule has 0 saturated carbocycles. The van der Waals surface area contributed by atoms with Gasteiger partial charge < -0.3 is 15.6 Å². The zero-order valence-electron chi connectivity index (χ0n) is 10.9. The Labute approximate surface area is 109 Å². The molecule has 8 nitrogen and oxygen atoms in total. The van der Waals surface area contributed by atoms with Crippen molar-refractivity contribution in [3.05, 3.63) is 18.1 Å². The molecule has 0 aliphatic heterocycles. The molecular formula is C11H14N8. The maximum atomic E-state index is 5.73. The van der Waals surface area contributed by atoms with Crippen LogP contribution >= 0.6 is 0 Å². The van der Waals surface area contributed by atoms with Gasteiger partial charge in [-0.15, -0.1) is 0 Å². The Hall–Kier alpha value is -2.64. The van der Waals surface area contributed by atoms with E-state index in [0.29, 0.717) is 22.8 Å². The first kappa shape index (κ1) is 11.5. The first-order valence-corrected chi connectivity index (χ1v) is 5.78. The van der Waals surface area contributed by atoms with Crippen LogP contribution in [0.15, 0.2) is 12.3 Å². The summed E-state index contributed by atoms with van der Waals surface area (Å²) in [6.45, 7) is 1.91. The van der Waals surface area contributed by atoms with Gasteiger partial charge in [-0.1, -0.05) is 0 Å².